The second-order valence-corrected chi connectivity index (χ2v) is 11.1. The summed E-state index contributed by atoms with van der Waals surface area (Å²) >= 11 is 0. The maximum Gasteiger partial charge on any atom is 0.251 e. The minimum atomic E-state index is -0.579. The van der Waals surface area contributed by atoms with Gasteiger partial charge in [0, 0.05) is 49.1 Å². The van der Waals surface area contributed by atoms with Gasteiger partial charge in [-0.2, -0.15) is 0 Å². The van der Waals surface area contributed by atoms with Crippen molar-refractivity contribution >= 4 is 17.5 Å². The number of nitrogens with zero attached hydrogens (tertiary/aromatic N) is 3. The molecule has 2 amide bonds. The molecule has 0 radical (unpaired) electrons. The molecular formula is C30H40FN7O2. The molecule has 1 saturated heterocycles. The fourth-order valence-corrected chi connectivity index (χ4v) is 5.59. The predicted molar refractivity (Wildman–Crippen MR) is 154 cm³/mol. The number of rotatable bonds is 11. The lowest BCUT2D eigenvalue weighted by molar-refractivity contribution is -0.134. The Hall–Kier alpha value is -3.47. The zero-order valence-corrected chi connectivity index (χ0v) is 23.3. The molecule has 0 aromatic heterocycles. The number of benzene rings is 2. The zero-order valence-electron chi connectivity index (χ0n) is 23.3. The minimum Gasteiger partial charge on any atom is -0.341 e. The molecule has 2 heterocycles. The molecule has 0 spiro atoms. The molecule has 2 aromatic carbocycles. The Balaban J connectivity index is 1.16. The van der Waals surface area contributed by atoms with Gasteiger partial charge in [0.1, 0.15) is 11.9 Å². The van der Waals surface area contributed by atoms with Gasteiger partial charge in [-0.25, -0.2) is 4.39 Å². The van der Waals surface area contributed by atoms with Crippen LogP contribution in [0.15, 0.2) is 60.9 Å². The van der Waals surface area contributed by atoms with E-state index >= 15 is 0 Å². The third-order valence-electron chi connectivity index (χ3n) is 8.17. The molecule has 0 unspecified atom stereocenters. The fourth-order valence-electron chi connectivity index (χ4n) is 5.59. The standard InChI is InChI=1S/C30H40FN7O2/c1-36(2)24-13-17-37(18-14-24)30(40)27(4-3-15-32-28-20-26(28)21-5-9-23(31)10-6-21)34-29(39)22-7-11-25(12-8-22)38-19-16-33-35-38/h5-12,16,19,24,26-28,32-33,35H,3-4,13-15,17-18,20H2,1-2H3,(H,34,39)/t26-,27-,28+/m0/s1. The Morgan fingerprint density at radius 3 is 2.45 bits per heavy atom. The van der Waals surface area contributed by atoms with Gasteiger partial charge in [-0.15, -0.1) is 5.53 Å². The van der Waals surface area contributed by atoms with Crippen molar-refractivity contribution in [2.75, 3.05) is 38.7 Å². The van der Waals surface area contributed by atoms with E-state index < -0.39 is 6.04 Å². The third kappa shape index (κ3) is 6.99. The molecule has 1 aliphatic carbocycles. The van der Waals surface area contributed by atoms with E-state index in [4.69, 9.17) is 0 Å². The van der Waals surface area contributed by atoms with E-state index in [0.29, 0.717) is 43.1 Å². The lowest BCUT2D eigenvalue weighted by Gasteiger charge is -2.37. The molecule has 0 bridgehead atoms. The Morgan fingerprint density at radius 2 is 1.80 bits per heavy atom. The van der Waals surface area contributed by atoms with Gasteiger partial charge in [0.05, 0.1) is 5.69 Å². The topological polar surface area (TPSA) is 92.0 Å². The number of halogens is 1. The second-order valence-electron chi connectivity index (χ2n) is 11.1. The van der Waals surface area contributed by atoms with Gasteiger partial charge in [0.25, 0.3) is 5.91 Å². The smallest absolute Gasteiger partial charge is 0.251 e. The summed E-state index contributed by atoms with van der Waals surface area (Å²) in [4.78, 5) is 30.9. The number of carbonyl (C=O) groups is 2. The summed E-state index contributed by atoms with van der Waals surface area (Å²) < 4.78 is 13.2. The first-order chi connectivity index (χ1) is 19.4. The van der Waals surface area contributed by atoms with Gasteiger partial charge in [-0.1, -0.05) is 12.1 Å². The molecular weight excluding hydrogens is 509 g/mol. The van der Waals surface area contributed by atoms with E-state index in [0.717, 1.165) is 43.5 Å². The summed E-state index contributed by atoms with van der Waals surface area (Å²) in [6.07, 6.45) is 7.84. The molecule has 3 aliphatic rings. The van der Waals surface area contributed by atoms with Gasteiger partial charge in [-0.3, -0.25) is 14.6 Å². The highest BCUT2D eigenvalue weighted by Gasteiger charge is 2.37. The van der Waals surface area contributed by atoms with Crippen molar-refractivity contribution in [3.8, 4) is 0 Å². The number of anilines is 1. The molecule has 214 valence electrons. The van der Waals surface area contributed by atoms with Crippen LogP contribution in [-0.2, 0) is 4.79 Å². The second kappa shape index (κ2) is 12.8. The van der Waals surface area contributed by atoms with Crippen LogP contribution in [0, 0.1) is 5.82 Å². The van der Waals surface area contributed by atoms with Gasteiger partial charge in [0.2, 0.25) is 5.91 Å². The van der Waals surface area contributed by atoms with Crippen molar-refractivity contribution in [3.63, 3.8) is 0 Å². The molecule has 9 nitrogen and oxygen atoms in total. The SMILES string of the molecule is CN(C)C1CCN(C(=O)[C@H](CCCN[C@@H]2C[C@H]2c2ccc(F)cc2)NC(=O)c2ccc(N3C=CNN3)cc2)CC1. The van der Waals surface area contributed by atoms with Crippen molar-refractivity contribution < 1.29 is 14.0 Å². The number of amides is 2. The highest BCUT2D eigenvalue weighted by Crippen LogP contribution is 2.40. The molecule has 4 N–H and O–H groups in total. The highest BCUT2D eigenvalue weighted by molar-refractivity contribution is 5.97. The molecule has 40 heavy (non-hydrogen) atoms. The molecule has 2 fully saturated rings. The minimum absolute atomic E-state index is 0.00438. The van der Waals surface area contributed by atoms with Gasteiger partial charge in [-0.05, 0) is 94.7 Å². The molecule has 3 atom stereocenters. The van der Waals surface area contributed by atoms with E-state index in [2.05, 4.69) is 40.6 Å². The van der Waals surface area contributed by atoms with E-state index in [1.165, 1.54) is 12.1 Å². The maximum absolute atomic E-state index is 13.6. The lowest BCUT2D eigenvalue weighted by Crippen LogP contribution is -2.52. The Bertz CT molecular complexity index is 1180. The number of hydrogen-bond donors (Lipinski definition) is 4. The number of hydrazine groups is 2. The number of piperidine rings is 1. The summed E-state index contributed by atoms with van der Waals surface area (Å²) in [7, 11) is 4.16. The predicted octanol–water partition coefficient (Wildman–Crippen LogP) is 2.70. The zero-order chi connectivity index (χ0) is 28.1. The summed E-state index contributed by atoms with van der Waals surface area (Å²) in [5, 5.41) is 8.41. The van der Waals surface area contributed by atoms with Crippen LogP contribution < -0.4 is 26.6 Å². The van der Waals surface area contributed by atoms with Crippen LogP contribution in [0.4, 0.5) is 10.1 Å². The first-order valence-corrected chi connectivity index (χ1v) is 14.2. The average Bonchev–Trinajstić information content (AvgIpc) is 3.53. The van der Waals surface area contributed by atoms with Crippen LogP contribution in [0.2, 0.25) is 0 Å². The van der Waals surface area contributed by atoms with E-state index in [-0.39, 0.29) is 17.6 Å². The summed E-state index contributed by atoms with van der Waals surface area (Å²) in [6, 6.07) is 14.3. The number of nitrogens with one attached hydrogen (secondary N) is 4. The van der Waals surface area contributed by atoms with E-state index in [1.54, 1.807) is 23.3 Å². The van der Waals surface area contributed by atoms with Crippen molar-refractivity contribution in [1.29, 1.82) is 0 Å². The van der Waals surface area contributed by atoms with E-state index in [1.807, 2.05) is 35.4 Å². The monoisotopic (exact) mass is 549 g/mol. The van der Waals surface area contributed by atoms with Crippen LogP contribution in [0.25, 0.3) is 0 Å². The molecule has 10 heteroatoms. The lowest BCUT2D eigenvalue weighted by atomic mass is 10.0. The van der Waals surface area contributed by atoms with Crippen LogP contribution in [-0.4, -0.2) is 73.5 Å². The quantitative estimate of drug-likeness (QED) is 0.321. The largest absolute Gasteiger partial charge is 0.341 e. The Labute approximate surface area is 235 Å². The van der Waals surface area contributed by atoms with Crippen molar-refractivity contribution in [2.45, 2.75) is 56.1 Å². The van der Waals surface area contributed by atoms with Gasteiger partial charge in [0.15, 0.2) is 0 Å². The van der Waals surface area contributed by atoms with Crippen molar-refractivity contribution in [2.24, 2.45) is 0 Å². The van der Waals surface area contributed by atoms with Gasteiger partial charge < -0.3 is 25.9 Å². The number of hydrogen-bond acceptors (Lipinski definition) is 7. The molecule has 5 rings (SSSR count). The summed E-state index contributed by atoms with van der Waals surface area (Å²) in [5.74, 6) is -0.0646. The molecule has 2 aromatic rings. The first-order valence-electron chi connectivity index (χ1n) is 14.2. The third-order valence-corrected chi connectivity index (χ3v) is 8.17. The van der Waals surface area contributed by atoms with Crippen LogP contribution >= 0.6 is 0 Å². The average molecular weight is 550 g/mol. The fraction of sp³-hybridized carbons (Fsp3) is 0.467. The number of likely N-dealkylation sites (tertiary alicyclic amines) is 1. The molecule has 2 aliphatic heterocycles. The van der Waals surface area contributed by atoms with Crippen LogP contribution in [0.3, 0.4) is 0 Å². The molecule has 1 saturated carbocycles. The highest BCUT2D eigenvalue weighted by atomic mass is 19.1. The Morgan fingerprint density at radius 1 is 1.07 bits per heavy atom. The first kappa shape index (κ1) is 28.1. The van der Waals surface area contributed by atoms with Crippen LogP contribution in [0.1, 0.15) is 53.9 Å². The summed E-state index contributed by atoms with van der Waals surface area (Å²) in [6.45, 7) is 2.16. The van der Waals surface area contributed by atoms with Gasteiger partial charge >= 0.3 is 0 Å². The van der Waals surface area contributed by atoms with E-state index in [9.17, 15) is 14.0 Å². The van der Waals surface area contributed by atoms with Crippen LogP contribution in [0.5, 0.6) is 0 Å². The normalized spacial score (nSPS) is 21.4. The maximum atomic E-state index is 13.6. The summed E-state index contributed by atoms with van der Waals surface area (Å²) in [5.41, 5.74) is 8.41. The van der Waals surface area contributed by atoms with Crippen molar-refractivity contribution in [3.05, 3.63) is 77.9 Å². The van der Waals surface area contributed by atoms with Crippen molar-refractivity contribution in [1.82, 2.24) is 31.4 Å². The Kier molecular flexibility index (Phi) is 8.98. The number of carbonyl (C=O) groups excluding carboxylic acids is 2.